The summed E-state index contributed by atoms with van der Waals surface area (Å²) in [5, 5.41) is 0. The molecule has 58 valence electrons. The Morgan fingerprint density at radius 3 is 3.00 bits per heavy atom. The van der Waals surface area contributed by atoms with Crippen LogP contribution in [0.5, 0.6) is 0 Å². The van der Waals surface area contributed by atoms with Gasteiger partial charge in [0.15, 0.2) is 0 Å². The summed E-state index contributed by atoms with van der Waals surface area (Å²) in [7, 11) is 0. The summed E-state index contributed by atoms with van der Waals surface area (Å²) in [5.74, 6) is 0. The topological polar surface area (TPSA) is 22.1 Å². The summed E-state index contributed by atoms with van der Waals surface area (Å²) < 4.78 is 5.31. The van der Waals surface area contributed by atoms with Gasteiger partial charge in [-0.25, -0.2) is 0 Å². The molecule has 0 spiro atoms. The number of nitrogens with zero attached hydrogens (tertiary/aromatic N) is 1. The van der Waals surface area contributed by atoms with Crippen molar-refractivity contribution >= 4 is 0 Å². The maximum Gasteiger partial charge on any atom is 0.0742 e. The number of fused-ring (bicyclic) bond motifs is 1. The number of ether oxygens (including phenoxy) is 1. The Morgan fingerprint density at radius 1 is 1.36 bits per heavy atom. The normalized spacial score (nSPS) is 15.1. The van der Waals surface area contributed by atoms with Crippen LogP contribution < -0.4 is 0 Å². The molecule has 11 heavy (non-hydrogen) atoms. The van der Waals surface area contributed by atoms with Crippen LogP contribution >= 0.6 is 0 Å². The molecule has 0 amide bonds. The molecule has 1 aliphatic heterocycles. The van der Waals surface area contributed by atoms with E-state index in [9.17, 15) is 0 Å². The van der Waals surface area contributed by atoms with E-state index in [4.69, 9.17) is 4.74 Å². The zero-order valence-corrected chi connectivity index (χ0v) is 6.85. The summed E-state index contributed by atoms with van der Waals surface area (Å²) in [6, 6.07) is 2.11. The highest BCUT2D eigenvalue weighted by atomic mass is 16.5. The molecule has 0 aromatic carbocycles. The van der Waals surface area contributed by atoms with E-state index < -0.39 is 0 Å². The standard InChI is InChI=1S/C9H11NO/c1-6-3-8-4-11-5-9(8)7(2)10-6/h3H,4-5H2,1-2H3. The molecule has 0 fully saturated rings. The number of hydrogen-bond donors (Lipinski definition) is 0. The molecule has 2 heteroatoms. The zero-order chi connectivity index (χ0) is 7.84. The second-order valence-corrected chi connectivity index (χ2v) is 2.98. The first-order valence-electron chi connectivity index (χ1n) is 3.81. The maximum absolute atomic E-state index is 5.31. The van der Waals surface area contributed by atoms with Gasteiger partial charge in [-0.2, -0.15) is 0 Å². The van der Waals surface area contributed by atoms with Crippen LogP contribution in [0.1, 0.15) is 22.5 Å². The zero-order valence-electron chi connectivity index (χ0n) is 6.85. The quantitative estimate of drug-likeness (QED) is 0.560. The molecule has 0 bridgehead atoms. The molecule has 1 aliphatic rings. The third-order valence-corrected chi connectivity index (χ3v) is 2.06. The molecule has 2 heterocycles. The second kappa shape index (κ2) is 2.31. The SMILES string of the molecule is Cc1cc2c(c(C)n1)COC2. The van der Waals surface area contributed by atoms with E-state index in [1.165, 1.54) is 11.1 Å². The van der Waals surface area contributed by atoms with Gasteiger partial charge in [0.05, 0.1) is 13.2 Å². The molecule has 0 unspecified atom stereocenters. The van der Waals surface area contributed by atoms with Gasteiger partial charge >= 0.3 is 0 Å². The van der Waals surface area contributed by atoms with E-state index >= 15 is 0 Å². The van der Waals surface area contributed by atoms with Crippen molar-refractivity contribution in [1.82, 2.24) is 4.98 Å². The van der Waals surface area contributed by atoms with E-state index in [2.05, 4.69) is 11.1 Å². The minimum atomic E-state index is 0.744. The third-order valence-electron chi connectivity index (χ3n) is 2.06. The monoisotopic (exact) mass is 149 g/mol. The lowest BCUT2D eigenvalue weighted by Crippen LogP contribution is -1.93. The first kappa shape index (κ1) is 6.80. The van der Waals surface area contributed by atoms with Gasteiger partial charge < -0.3 is 4.74 Å². The van der Waals surface area contributed by atoms with Crippen molar-refractivity contribution in [1.29, 1.82) is 0 Å². The summed E-state index contributed by atoms with van der Waals surface area (Å²) in [5.41, 5.74) is 4.81. The molecule has 0 N–H and O–H groups in total. The van der Waals surface area contributed by atoms with Crippen molar-refractivity contribution in [3.63, 3.8) is 0 Å². The molecule has 2 rings (SSSR count). The molecule has 0 saturated carbocycles. The van der Waals surface area contributed by atoms with Gasteiger partial charge in [0.2, 0.25) is 0 Å². The van der Waals surface area contributed by atoms with Gasteiger partial charge in [0, 0.05) is 17.0 Å². The molecule has 0 saturated heterocycles. The van der Waals surface area contributed by atoms with Crippen molar-refractivity contribution in [2.75, 3.05) is 0 Å². The van der Waals surface area contributed by atoms with Crippen molar-refractivity contribution in [2.24, 2.45) is 0 Å². The lowest BCUT2D eigenvalue weighted by Gasteiger charge is -2.01. The van der Waals surface area contributed by atoms with Crippen LogP contribution in [0.3, 0.4) is 0 Å². The highest BCUT2D eigenvalue weighted by molar-refractivity contribution is 5.32. The van der Waals surface area contributed by atoms with Crippen LogP contribution in [0.15, 0.2) is 6.07 Å². The molecule has 1 aromatic heterocycles. The van der Waals surface area contributed by atoms with Crippen molar-refractivity contribution in [3.8, 4) is 0 Å². The van der Waals surface area contributed by atoms with Gasteiger partial charge in [-0.05, 0) is 25.5 Å². The first-order chi connectivity index (χ1) is 5.27. The lowest BCUT2D eigenvalue weighted by atomic mass is 10.1. The molecule has 1 aromatic rings. The highest BCUT2D eigenvalue weighted by Crippen LogP contribution is 2.22. The highest BCUT2D eigenvalue weighted by Gasteiger charge is 2.14. The van der Waals surface area contributed by atoms with E-state index in [-0.39, 0.29) is 0 Å². The maximum atomic E-state index is 5.31. The number of pyridine rings is 1. The van der Waals surface area contributed by atoms with Crippen LogP contribution in [-0.2, 0) is 18.0 Å². The van der Waals surface area contributed by atoms with E-state index in [1.807, 2.05) is 13.8 Å². The minimum absolute atomic E-state index is 0.744. The summed E-state index contributed by atoms with van der Waals surface area (Å²) in [6.07, 6.45) is 0. The van der Waals surface area contributed by atoms with Gasteiger partial charge in [-0.3, -0.25) is 4.98 Å². The van der Waals surface area contributed by atoms with Crippen molar-refractivity contribution in [2.45, 2.75) is 27.1 Å². The number of aromatic nitrogens is 1. The summed E-state index contributed by atoms with van der Waals surface area (Å²) in [6.45, 7) is 5.57. The van der Waals surface area contributed by atoms with E-state index in [0.29, 0.717) is 0 Å². The fraction of sp³-hybridized carbons (Fsp3) is 0.444. The predicted octanol–water partition coefficient (Wildman–Crippen LogP) is 1.73. The first-order valence-corrected chi connectivity index (χ1v) is 3.81. The van der Waals surface area contributed by atoms with Gasteiger partial charge in [0.25, 0.3) is 0 Å². The Hall–Kier alpha value is -0.890. The van der Waals surface area contributed by atoms with Crippen molar-refractivity contribution in [3.05, 3.63) is 28.6 Å². The van der Waals surface area contributed by atoms with E-state index in [0.717, 1.165) is 24.6 Å². The number of rotatable bonds is 0. The van der Waals surface area contributed by atoms with Crippen molar-refractivity contribution < 1.29 is 4.74 Å². The van der Waals surface area contributed by atoms with Crippen LogP contribution in [0.25, 0.3) is 0 Å². The Labute approximate surface area is 66.2 Å². The third kappa shape index (κ3) is 1.03. The largest absolute Gasteiger partial charge is 0.372 e. The smallest absolute Gasteiger partial charge is 0.0742 e. The average Bonchev–Trinajstić information content (AvgIpc) is 2.34. The number of hydrogen-bond acceptors (Lipinski definition) is 2. The Bertz CT molecular complexity index is 294. The van der Waals surface area contributed by atoms with Crippen LogP contribution in [-0.4, -0.2) is 4.98 Å². The lowest BCUT2D eigenvalue weighted by molar-refractivity contribution is 0.134. The van der Waals surface area contributed by atoms with E-state index in [1.54, 1.807) is 0 Å². The average molecular weight is 149 g/mol. The molecule has 0 atom stereocenters. The number of aryl methyl sites for hydroxylation is 2. The molecular formula is C9H11NO. The van der Waals surface area contributed by atoms with Gasteiger partial charge in [0.1, 0.15) is 0 Å². The molecular weight excluding hydrogens is 138 g/mol. The Balaban J connectivity index is 2.60. The predicted molar refractivity (Wildman–Crippen MR) is 42.2 cm³/mol. The minimum Gasteiger partial charge on any atom is -0.372 e. The fourth-order valence-corrected chi connectivity index (χ4v) is 1.52. The summed E-state index contributed by atoms with van der Waals surface area (Å²) in [4.78, 5) is 4.37. The molecule has 0 aliphatic carbocycles. The summed E-state index contributed by atoms with van der Waals surface area (Å²) >= 11 is 0. The molecule has 0 radical (unpaired) electrons. The van der Waals surface area contributed by atoms with Gasteiger partial charge in [-0.15, -0.1) is 0 Å². The van der Waals surface area contributed by atoms with Crippen LogP contribution in [0.2, 0.25) is 0 Å². The second-order valence-electron chi connectivity index (χ2n) is 2.98. The van der Waals surface area contributed by atoms with Crippen LogP contribution in [0.4, 0.5) is 0 Å². The Kier molecular flexibility index (Phi) is 1.43. The van der Waals surface area contributed by atoms with Gasteiger partial charge in [-0.1, -0.05) is 0 Å². The Morgan fingerprint density at radius 2 is 2.18 bits per heavy atom. The fourth-order valence-electron chi connectivity index (χ4n) is 1.52. The van der Waals surface area contributed by atoms with Crippen LogP contribution in [0, 0.1) is 13.8 Å². The molecule has 2 nitrogen and oxygen atoms in total.